The molecule has 0 fully saturated rings. The van der Waals surface area contributed by atoms with Crippen molar-refractivity contribution < 1.29 is 0 Å². The lowest BCUT2D eigenvalue weighted by molar-refractivity contribution is 1.33. The summed E-state index contributed by atoms with van der Waals surface area (Å²) >= 11 is 0. The molecule has 1 heterocycles. The number of rotatable bonds is 2. The van der Waals surface area contributed by atoms with E-state index in [9.17, 15) is 0 Å². The second-order valence-electron chi connectivity index (χ2n) is 7.56. The van der Waals surface area contributed by atoms with E-state index in [0.29, 0.717) is 5.69 Å². The standard InChI is InChI=1S/C28H16N2/c1-29-23-15-16-30-26(17-23)19-7-5-18(6-8-19)24-13-11-22-10-9-20-3-2-4-21-12-14-25(24)28(22)27(20)21/h2-17H. The van der Waals surface area contributed by atoms with Crippen molar-refractivity contribution in [3.8, 4) is 22.4 Å². The van der Waals surface area contributed by atoms with Gasteiger partial charge >= 0.3 is 0 Å². The Morgan fingerprint density at radius 1 is 0.633 bits per heavy atom. The first-order chi connectivity index (χ1) is 14.8. The van der Waals surface area contributed by atoms with Gasteiger partial charge in [-0.2, -0.15) is 0 Å². The lowest BCUT2D eigenvalue weighted by atomic mass is 9.89. The smallest absolute Gasteiger partial charge is 0.190 e. The molecule has 0 N–H and O–H groups in total. The molecule has 6 aromatic rings. The van der Waals surface area contributed by atoms with E-state index >= 15 is 0 Å². The normalized spacial score (nSPS) is 11.3. The lowest BCUT2D eigenvalue weighted by Gasteiger charge is -2.14. The predicted molar refractivity (Wildman–Crippen MR) is 125 cm³/mol. The molecule has 1 aromatic heterocycles. The van der Waals surface area contributed by atoms with Crippen molar-refractivity contribution in [2.45, 2.75) is 0 Å². The van der Waals surface area contributed by atoms with Crippen LogP contribution in [0.4, 0.5) is 5.69 Å². The zero-order valence-electron chi connectivity index (χ0n) is 16.1. The van der Waals surface area contributed by atoms with Crippen molar-refractivity contribution in [2.24, 2.45) is 0 Å². The second-order valence-corrected chi connectivity index (χ2v) is 7.56. The molecule has 0 saturated heterocycles. The third-order valence-electron chi connectivity index (χ3n) is 5.89. The monoisotopic (exact) mass is 380 g/mol. The third-order valence-corrected chi connectivity index (χ3v) is 5.89. The highest BCUT2D eigenvalue weighted by atomic mass is 14.7. The average Bonchev–Trinajstić information content (AvgIpc) is 2.82. The van der Waals surface area contributed by atoms with Gasteiger partial charge in [0.25, 0.3) is 0 Å². The summed E-state index contributed by atoms with van der Waals surface area (Å²) in [6.45, 7) is 7.21. The minimum atomic E-state index is 0.607. The number of nitrogens with zero attached hydrogens (tertiary/aromatic N) is 2. The van der Waals surface area contributed by atoms with E-state index in [1.807, 2.05) is 6.07 Å². The van der Waals surface area contributed by atoms with Crippen LogP contribution in [0.25, 0.3) is 59.5 Å². The molecule has 5 aromatic carbocycles. The Balaban J connectivity index is 1.53. The number of hydrogen-bond acceptors (Lipinski definition) is 1. The Kier molecular flexibility index (Phi) is 3.57. The van der Waals surface area contributed by atoms with Crippen molar-refractivity contribution in [1.82, 2.24) is 4.98 Å². The first-order valence-electron chi connectivity index (χ1n) is 9.93. The van der Waals surface area contributed by atoms with E-state index in [-0.39, 0.29) is 0 Å². The van der Waals surface area contributed by atoms with Gasteiger partial charge in [0.05, 0.1) is 12.3 Å². The van der Waals surface area contributed by atoms with Crippen LogP contribution in [0.15, 0.2) is 97.2 Å². The van der Waals surface area contributed by atoms with E-state index in [0.717, 1.165) is 11.3 Å². The van der Waals surface area contributed by atoms with Crippen LogP contribution in [-0.4, -0.2) is 4.98 Å². The number of benzene rings is 5. The van der Waals surface area contributed by atoms with Gasteiger partial charge in [-0.3, -0.25) is 4.98 Å². The zero-order valence-corrected chi connectivity index (χ0v) is 16.1. The van der Waals surface area contributed by atoms with Crippen LogP contribution < -0.4 is 0 Å². The first kappa shape index (κ1) is 16.7. The fourth-order valence-corrected chi connectivity index (χ4v) is 4.45. The largest absolute Gasteiger partial charge is 0.259 e. The van der Waals surface area contributed by atoms with Gasteiger partial charge in [-0.1, -0.05) is 78.9 Å². The molecule has 2 nitrogen and oxygen atoms in total. The molecular formula is C28H16N2. The highest BCUT2D eigenvalue weighted by Gasteiger charge is 2.12. The molecule has 0 bridgehead atoms. The molecule has 6 rings (SSSR count). The maximum atomic E-state index is 7.21. The molecule has 138 valence electrons. The SMILES string of the molecule is [C-]#[N+]c1ccnc(-c2ccc(-c3ccc4ccc5cccc6ccc3c4c56)cc2)c1. The molecule has 0 aliphatic heterocycles. The average molecular weight is 380 g/mol. The van der Waals surface area contributed by atoms with Gasteiger partial charge in [-0.15, -0.1) is 0 Å². The molecule has 0 atom stereocenters. The van der Waals surface area contributed by atoms with Crippen LogP contribution in [0.3, 0.4) is 0 Å². The van der Waals surface area contributed by atoms with Crippen molar-refractivity contribution >= 4 is 38.0 Å². The minimum absolute atomic E-state index is 0.607. The van der Waals surface area contributed by atoms with Gasteiger partial charge in [0.15, 0.2) is 5.69 Å². The Morgan fingerprint density at radius 2 is 1.30 bits per heavy atom. The number of aromatic nitrogens is 1. The van der Waals surface area contributed by atoms with Crippen molar-refractivity contribution in [2.75, 3.05) is 0 Å². The quantitative estimate of drug-likeness (QED) is 0.221. The highest BCUT2D eigenvalue weighted by molar-refractivity contribution is 6.25. The first-order valence-corrected chi connectivity index (χ1v) is 9.93. The van der Waals surface area contributed by atoms with Crippen LogP contribution in [0.2, 0.25) is 0 Å². The Morgan fingerprint density at radius 3 is 2.07 bits per heavy atom. The number of hydrogen-bond donors (Lipinski definition) is 0. The highest BCUT2D eigenvalue weighted by Crippen LogP contribution is 2.39. The molecule has 30 heavy (non-hydrogen) atoms. The van der Waals surface area contributed by atoms with Gasteiger partial charge in [0, 0.05) is 6.20 Å². The molecule has 0 amide bonds. The Hall–Kier alpha value is -4.22. The summed E-state index contributed by atoms with van der Waals surface area (Å²) in [7, 11) is 0. The van der Waals surface area contributed by atoms with E-state index in [2.05, 4.69) is 88.7 Å². The van der Waals surface area contributed by atoms with Gasteiger partial charge in [0.1, 0.15) is 0 Å². The molecule has 0 aliphatic carbocycles. The summed E-state index contributed by atoms with van der Waals surface area (Å²) < 4.78 is 0. The maximum absolute atomic E-state index is 7.21. The molecule has 0 aliphatic rings. The number of pyridine rings is 1. The van der Waals surface area contributed by atoms with Gasteiger partial charge in [-0.25, -0.2) is 4.85 Å². The summed E-state index contributed by atoms with van der Waals surface area (Å²) in [4.78, 5) is 7.93. The third kappa shape index (κ3) is 2.46. The molecular weight excluding hydrogens is 364 g/mol. The van der Waals surface area contributed by atoms with Crippen molar-refractivity contribution in [3.63, 3.8) is 0 Å². The lowest BCUT2D eigenvalue weighted by Crippen LogP contribution is -1.87. The van der Waals surface area contributed by atoms with Crippen molar-refractivity contribution in [1.29, 1.82) is 0 Å². The summed E-state index contributed by atoms with van der Waals surface area (Å²) in [5, 5.41) is 7.78. The van der Waals surface area contributed by atoms with Crippen LogP contribution in [0.1, 0.15) is 0 Å². The van der Waals surface area contributed by atoms with Crippen LogP contribution in [0, 0.1) is 6.57 Å². The minimum Gasteiger partial charge on any atom is -0.259 e. The van der Waals surface area contributed by atoms with Gasteiger partial charge < -0.3 is 0 Å². The molecule has 0 saturated carbocycles. The fraction of sp³-hybridized carbons (Fsp3) is 0. The predicted octanol–water partition coefficient (Wildman–Crippen LogP) is 7.86. The topological polar surface area (TPSA) is 17.2 Å². The second kappa shape index (κ2) is 6.40. The van der Waals surface area contributed by atoms with Crippen LogP contribution in [0.5, 0.6) is 0 Å². The Labute approximate surface area is 174 Å². The molecule has 2 heteroatoms. The fourth-order valence-electron chi connectivity index (χ4n) is 4.45. The summed E-state index contributed by atoms with van der Waals surface area (Å²) in [6.07, 6.45) is 1.69. The zero-order chi connectivity index (χ0) is 20.1. The van der Waals surface area contributed by atoms with E-state index in [4.69, 9.17) is 6.57 Å². The van der Waals surface area contributed by atoms with Gasteiger partial charge in [0.2, 0.25) is 0 Å². The van der Waals surface area contributed by atoms with E-state index < -0.39 is 0 Å². The van der Waals surface area contributed by atoms with E-state index in [1.54, 1.807) is 12.3 Å². The summed E-state index contributed by atoms with van der Waals surface area (Å²) in [5.74, 6) is 0. The summed E-state index contributed by atoms with van der Waals surface area (Å²) in [5.41, 5.74) is 4.86. The molecule has 0 spiro atoms. The van der Waals surface area contributed by atoms with Crippen LogP contribution in [-0.2, 0) is 0 Å². The van der Waals surface area contributed by atoms with E-state index in [1.165, 1.54) is 43.4 Å². The molecule has 0 radical (unpaired) electrons. The molecule has 0 unspecified atom stereocenters. The van der Waals surface area contributed by atoms with Crippen molar-refractivity contribution in [3.05, 3.63) is 109 Å². The summed E-state index contributed by atoms with van der Waals surface area (Å²) in [6, 6.07) is 31.9. The maximum Gasteiger partial charge on any atom is 0.190 e. The van der Waals surface area contributed by atoms with Gasteiger partial charge in [-0.05, 0) is 61.1 Å². The Bertz CT molecular complexity index is 1570. The van der Waals surface area contributed by atoms with Crippen LogP contribution >= 0.6 is 0 Å².